The summed E-state index contributed by atoms with van der Waals surface area (Å²) in [6.45, 7) is 6.91. The smallest absolute Gasteiger partial charge is 0.337 e. The van der Waals surface area contributed by atoms with Crippen LogP contribution in [0.4, 0.5) is 0 Å². The predicted octanol–water partition coefficient (Wildman–Crippen LogP) is 2.82. The van der Waals surface area contributed by atoms with Crippen molar-refractivity contribution in [3.63, 3.8) is 0 Å². The lowest BCUT2D eigenvalue weighted by Gasteiger charge is -2.32. The summed E-state index contributed by atoms with van der Waals surface area (Å²) in [5, 5.41) is 9.51. The molecule has 0 bridgehead atoms. The second-order valence-electron chi connectivity index (χ2n) is 5.82. The maximum atomic E-state index is 11.6. The summed E-state index contributed by atoms with van der Waals surface area (Å²) in [6.07, 6.45) is 1.65. The molecule has 2 atom stereocenters. The number of fused-ring (bicyclic) bond motifs is 1. The van der Waals surface area contributed by atoms with Crippen molar-refractivity contribution in [2.45, 2.75) is 45.3 Å². The molecule has 1 aliphatic rings. The zero-order valence-corrected chi connectivity index (χ0v) is 12.6. The summed E-state index contributed by atoms with van der Waals surface area (Å²) in [6, 6.07) is 5.27. The number of carbonyl (C=O) groups is 1. The zero-order valence-electron chi connectivity index (χ0n) is 12.6. The predicted molar refractivity (Wildman–Crippen MR) is 79.7 cm³/mol. The van der Waals surface area contributed by atoms with Crippen LogP contribution in [0.1, 0.15) is 43.4 Å². The van der Waals surface area contributed by atoms with E-state index in [1.54, 1.807) is 12.1 Å². The fraction of sp³-hybridized carbons (Fsp3) is 0.500. The van der Waals surface area contributed by atoms with E-state index >= 15 is 0 Å². The number of aromatic nitrogens is 2. The van der Waals surface area contributed by atoms with E-state index in [2.05, 4.69) is 16.5 Å². The van der Waals surface area contributed by atoms with Crippen molar-refractivity contribution < 1.29 is 14.6 Å². The summed E-state index contributed by atoms with van der Waals surface area (Å²) in [7, 11) is 0. The van der Waals surface area contributed by atoms with Gasteiger partial charge >= 0.3 is 5.97 Å². The lowest BCUT2D eigenvalue weighted by atomic mass is 9.93. The Balaban J connectivity index is 2.37. The number of rotatable bonds is 3. The molecule has 2 unspecified atom stereocenters. The van der Waals surface area contributed by atoms with Gasteiger partial charge in [-0.25, -0.2) is 9.78 Å². The van der Waals surface area contributed by atoms with Crippen LogP contribution in [0, 0.1) is 0 Å². The average Bonchev–Trinajstić information content (AvgIpc) is 2.99. The van der Waals surface area contributed by atoms with Gasteiger partial charge in [-0.1, -0.05) is 13.0 Å². The Kier molecular flexibility index (Phi) is 3.24. The summed E-state index contributed by atoms with van der Waals surface area (Å²) >= 11 is 0. The molecule has 0 spiro atoms. The SMILES string of the molecule is CCc1nc2cccc(C(=O)O)c2n1C1(C)CCOC1C. The molecule has 5 heteroatoms. The number of aromatic carboxylic acids is 1. The third-order valence-corrected chi connectivity index (χ3v) is 4.66. The van der Waals surface area contributed by atoms with Gasteiger partial charge in [0.05, 0.1) is 28.2 Å². The number of aryl methyl sites for hydroxylation is 1. The maximum absolute atomic E-state index is 11.6. The fourth-order valence-electron chi connectivity index (χ4n) is 3.25. The van der Waals surface area contributed by atoms with Crippen LogP contribution in [-0.4, -0.2) is 33.3 Å². The highest BCUT2D eigenvalue weighted by molar-refractivity contribution is 6.01. The van der Waals surface area contributed by atoms with Crippen LogP contribution in [0.5, 0.6) is 0 Å². The standard InChI is InChI=1S/C16H20N2O3/c1-4-13-17-12-7-5-6-11(15(19)20)14(12)18(13)16(3)8-9-21-10(16)2/h5-7,10H,4,8-9H2,1-3H3,(H,19,20). The van der Waals surface area contributed by atoms with Crippen molar-refractivity contribution in [2.75, 3.05) is 6.61 Å². The highest BCUT2D eigenvalue weighted by atomic mass is 16.5. The second kappa shape index (κ2) is 4.84. The number of para-hydroxylation sites is 1. The molecule has 5 nitrogen and oxygen atoms in total. The van der Waals surface area contributed by atoms with Crippen molar-refractivity contribution in [3.8, 4) is 0 Å². The molecule has 1 N–H and O–H groups in total. The normalized spacial score (nSPS) is 25.6. The first-order valence-electron chi connectivity index (χ1n) is 7.34. The number of hydrogen-bond acceptors (Lipinski definition) is 3. The number of carboxylic acids is 1. The van der Waals surface area contributed by atoms with Gasteiger partial charge in [-0.2, -0.15) is 0 Å². The number of nitrogens with zero attached hydrogens (tertiary/aromatic N) is 2. The van der Waals surface area contributed by atoms with Gasteiger partial charge in [0.1, 0.15) is 5.82 Å². The van der Waals surface area contributed by atoms with E-state index < -0.39 is 5.97 Å². The van der Waals surface area contributed by atoms with Crippen LogP contribution in [0.2, 0.25) is 0 Å². The number of carboxylic acid groups (broad SMARTS) is 1. The Labute approximate surface area is 123 Å². The molecule has 0 radical (unpaired) electrons. The molecule has 21 heavy (non-hydrogen) atoms. The molecule has 2 aromatic rings. The number of benzene rings is 1. The lowest BCUT2D eigenvalue weighted by molar-refractivity contribution is 0.0691. The third-order valence-electron chi connectivity index (χ3n) is 4.66. The van der Waals surface area contributed by atoms with E-state index in [0.717, 1.165) is 24.2 Å². The van der Waals surface area contributed by atoms with Crippen LogP contribution in [0.25, 0.3) is 11.0 Å². The Bertz CT molecular complexity index is 707. The molecule has 112 valence electrons. The molecule has 1 saturated heterocycles. The van der Waals surface area contributed by atoms with Crippen LogP contribution in [0.3, 0.4) is 0 Å². The molecule has 0 saturated carbocycles. The van der Waals surface area contributed by atoms with Crippen molar-refractivity contribution in [3.05, 3.63) is 29.6 Å². The first kappa shape index (κ1) is 14.1. The van der Waals surface area contributed by atoms with Gasteiger partial charge in [0, 0.05) is 13.0 Å². The molecule has 1 aromatic carbocycles. The molecule has 1 fully saturated rings. The van der Waals surface area contributed by atoms with Gasteiger partial charge in [-0.3, -0.25) is 0 Å². The fourth-order valence-corrected chi connectivity index (χ4v) is 3.25. The molecule has 0 amide bonds. The first-order valence-corrected chi connectivity index (χ1v) is 7.34. The van der Waals surface area contributed by atoms with E-state index in [9.17, 15) is 9.90 Å². The Morgan fingerprint density at radius 3 is 2.90 bits per heavy atom. The van der Waals surface area contributed by atoms with E-state index in [1.807, 2.05) is 19.9 Å². The van der Waals surface area contributed by atoms with Gasteiger partial charge in [0.25, 0.3) is 0 Å². The molecule has 3 rings (SSSR count). The van der Waals surface area contributed by atoms with Gasteiger partial charge in [-0.15, -0.1) is 0 Å². The Morgan fingerprint density at radius 2 is 2.33 bits per heavy atom. The second-order valence-corrected chi connectivity index (χ2v) is 5.82. The van der Waals surface area contributed by atoms with Crippen LogP contribution in [0.15, 0.2) is 18.2 Å². The van der Waals surface area contributed by atoms with E-state index in [4.69, 9.17) is 4.74 Å². The largest absolute Gasteiger partial charge is 0.478 e. The zero-order chi connectivity index (χ0) is 15.2. The minimum absolute atomic E-state index is 0.0297. The number of imidazole rings is 1. The summed E-state index contributed by atoms with van der Waals surface area (Å²) < 4.78 is 7.85. The van der Waals surface area contributed by atoms with E-state index in [0.29, 0.717) is 17.7 Å². The topological polar surface area (TPSA) is 64.3 Å². The maximum Gasteiger partial charge on any atom is 0.337 e. The minimum Gasteiger partial charge on any atom is -0.478 e. The van der Waals surface area contributed by atoms with Gasteiger partial charge in [0.2, 0.25) is 0 Å². The Hall–Kier alpha value is -1.88. The molecular formula is C16H20N2O3. The van der Waals surface area contributed by atoms with Gasteiger partial charge in [-0.05, 0) is 32.4 Å². The van der Waals surface area contributed by atoms with Crippen molar-refractivity contribution in [1.29, 1.82) is 0 Å². The highest BCUT2D eigenvalue weighted by Gasteiger charge is 2.41. The first-order chi connectivity index (χ1) is 9.99. The number of hydrogen-bond donors (Lipinski definition) is 1. The molecule has 0 aliphatic carbocycles. The highest BCUT2D eigenvalue weighted by Crippen LogP contribution is 2.38. The summed E-state index contributed by atoms with van der Waals surface area (Å²) in [5.74, 6) is -0.00174. The van der Waals surface area contributed by atoms with E-state index in [1.165, 1.54) is 0 Å². The van der Waals surface area contributed by atoms with Crippen LogP contribution >= 0.6 is 0 Å². The molecule has 1 aromatic heterocycles. The summed E-state index contributed by atoms with van der Waals surface area (Å²) in [4.78, 5) is 16.2. The molecule has 2 heterocycles. The van der Waals surface area contributed by atoms with Gasteiger partial charge < -0.3 is 14.4 Å². The lowest BCUT2D eigenvalue weighted by Crippen LogP contribution is -2.38. The van der Waals surface area contributed by atoms with Crippen molar-refractivity contribution >= 4 is 17.0 Å². The average molecular weight is 288 g/mol. The third kappa shape index (κ3) is 1.95. The van der Waals surface area contributed by atoms with Crippen molar-refractivity contribution in [2.24, 2.45) is 0 Å². The van der Waals surface area contributed by atoms with Crippen LogP contribution in [-0.2, 0) is 16.7 Å². The number of ether oxygens (including phenoxy) is 1. The monoisotopic (exact) mass is 288 g/mol. The summed E-state index contributed by atoms with van der Waals surface area (Å²) in [5.41, 5.74) is 1.50. The Morgan fingerprint density at radius 1 is 1.57 bits per heavy atom. The van der Waals surface area contributed by atoms with Crippen LogP contribution < -0.4 is 0 Å². The molecular weight excluding hydrogens is 268 g/mol. The van der Waals surface area contributed by atoms with Crippen molar-refractivity contribution in [1.82, 2.24) is 9.55 Å². The van der Waals surface area contributed by atoms with E-state index in [-0.39, 0.29) is 11.6 Å². The van der Waals surface area contributed by atoms with Gasteiger partial charge in [0.15, 0.2) is 0 Å². The molecule has 1 aliphatic heterocycles. The minimum atomic E-state index is -0.917. The quantitative estimate of drug-likeness (QED) is 0.943.